The second kappa shape index (κ2) is 8.52. The molecule has 1 saturated heterocycles. The first-order chi connectivity index (χ1) is 13.7. The maximum atomic E-state index is 12.6. The molecule has 5 nitrogen and oxygen atoms in total. The first-order valence-corrected chi connectivity index (χ1v) is 10.2. The fourth-order valence-electron chi connectivity index (χ4n) is 3.39. The molecule has 3 aromatic rings. The highest BCUT2D eigenvalue weighted by Gasteiger charge is 2.19. The molecular formula is C22H21BrN4O. The van der Waals surface area contributed by atoms with Crippen molar-refractivity contribution in [2.75, 3.05) is 18.0 Å². The van der Waals surface area contributed by atoms with E-state index in [0.29, 0.717) is 12.1 Å². The van der Waals surface area contributed by atoms with Crippen molar-refractivity contribution >= 4 is 27.7 Å². The summed E-state index contributed by atoms with van der Waals surface area (Å²) < 4.78 is 1.02. The minimum absolute atomic E-state index is 0.101. The number of nitrogens with zero attached hydrogens (tertiary/aromatic N) is 3. The molecule has 0 spiro atoms. The first-order valence-electron chi connectivity index (χ1n) is 9.40. The third-order valence-corrected chi connectivity index (χ3v) is 5.38. The van der Waals surface area contributed by atoms with Crippen LogP contribution in [0.3, 0.4) is 0 Å². The molecule has 1 fully saturated rings. The average Bonchev–Trinajstić information content (AvgIpc) is 3.28. The summed E-state index contributed by atoms with van der Waals surface area (Å²) in [7, 11) is 0. The summed E-state index contributed by atoms with van der Waals surface area (Å²) in [5, 5.41) is 2.98. The molecule has 6 heteroatoms. The zero-order valence-electron chi connectivity index (χ0n) is 15.4. The SMILES string of the molecule is O=C(NCc1ccc(Br)cc1)c1cccc(-c2nccnc2N2CCCC2)c1. The van der Waals surface area contributed by atoms with Crippen LogP contribution in [0.1, 0.15) is 28.8 Å². The van der Waals surface area contributed by atoms with Crippen LogP contribution >= 0.6 is 15.9 Å². The predicted octanol–water partition coefficient (Wildman–Crippen LogP) is 4.44. The molecule has 0 radical (unpaired) electrons. The van der Waals surface area contributed by atoms with Crippen LogP contribution in [0.5, 0.6) is 0 Å². The van der Waals surface area contributed by atoms with Gasteiger partial charge in [-0.25, -0.2) is 4.98 Å². The lowest BCUT2D eigenvalue weighted by Crippen LogP contribution is -2.23. The minimum atomic E-state index is -0.101. The van der Waals surface area contributed by atoms with Crippen LogP contribution in [-0.4, -0.2) is 29.0 Å². The number of benzene rings is 2. The zero-order chi connectivity index (χ0) is 19.3. The molecule has 0 aliphatic carbocycles. The van der Waals surface area contributed by atoms with Crippen molar-refractivity contribution in [3.8, 4) is 11.3 Å². The number of carbonyl (C=O) groups excluding carboxylic acids is 1. The van der Waals surface area contributed by atoms with Crippen molar-refractivity contribution < 1.29 is 4.79 Å². The van der Waals surface area contributed by atoms with E-state index in [2.05, 4.69) is 36.1 Å². The Bertz CT molecular complexity index is 968. The number of anilines is 1. The van der Waals surface area contributed by atoms with Crippen molar-refractivity contribution in [3.63, 3.8) is 0 Å². The van der Waals surface area contributed by atoms with E-state index in [1.807, 2.05) is 48.5 Å². The average molecular weight is 437 g/mol. The third kappa shape index (κ3) is 4.22. The van der Waals surface area contributed by atoms with Crippen LogP contribution in [0.15, 0.2) is 65.4 Å². The monoisotopic (exact) mass is 436 g/mol. The molecule has 142 valence electrons. The van der Waals surface area contributed by atoms with Gasteiger partial charge in [-0.3, -0.25) is 9.78 Å². The van der Waals surface area contributed by atoms with Gasteiger partial charge in [-0.2, -0.15) is 0 Å². The van der Waals surface area contributed by atoms with Crippen LogP contribution in [0.4, 0.5) is 5.82 Å². The Morgan fingerprint density at radius 1 is 1.04 bits per heavy atom. The molecule has 0 unspecified atom stereocenters. The van der Waals surface area contributed by atoms with Gasteiger partial charge < -0.3 is 10.2 Å². The Labute approximate surface area is 173 Å². The van der Waals surface area contributed by atoms with Gasteiger partial charge in [0.25, 0.3) is 5.91 Å². The lowest BCUT2D eigenvalue weighted by atomic mass is 10.1. The molecule has 1 N–H and O–H groups in total. The van der Waals surface area contributed by atoms with Gasteiger partial charge in [-0.15, -0.1) is 0 Å². The smallest absolute Gasteiger partial charge is 0.251 e. The van der Waals surface area contributed by atoms with Gasteiger partial charge >= 0.3 is 0 Å². The van der Waals surface area contributed by atoms with Crippen LogP contribution in [0.2, 0.25) is 0 Å². The summed E-state index contributed by atoms with van der Waals surface area (Å²) in [6.07, 6.45) is 5.78. The number of carbonyl (C=O) groups is 1. The third-order valence-electron chi connectivity index (χ3n) is 4.85. The highest BCUT2D eigenvalue weighted by molar-refractivity contribution is 9.10. The molecule has 0 bridgehead atoms. The summed E-state index contributed by atoms with van der Waals surface area (Å²) in [4.78, 5) is 24.0. The number of hydrogen-bond acceptors (Lipinski definition) is 4. The molecule has 1 aliphatic heterocycles. The normalized spacial score (nSPS) is 13.5. The lowest BCUT2D eigenvalue weighted by molar-refractivity contribution is 0.0951. The Kier molecular flexibility index (Phi) is 5.67. The maximum Gasteiger partial charge on any atom is 0.251 e. The van der Waals surface area contributed by atoms with Crippen LogP contribution in [0.25, 0.3) is 11.3 Å². The molecule has 1 aromatic heterocycles. The van der Waals surface area contributed by atoms with Gasteiger partial charge in [-0.1, -0.05) is 40.2 Å². The number of halogens is 1. The fourth-order valence-corrected chi connectivity index (χ4v) is 3.65. The van der Waals surface area contributed by atoms with E-state index < -0.39 is 0 Å². The number of aromatic nitrogens is 2. The standard InChI is InChI=1S/C22H21BrN4O/c23-19-8-6-16(7-9-19)15-26-22(28)18-5-3-4-17(14-18)20-21(25-11-10-24-20)27-12-1-2-13-27/h3-11,14H,1-2,12-13,15H2,(H,26,28). The van der Waals surface area contributed by atoms with Gasteiger partial charge in [0.2, 0.25) is 0 Å². The quantitative estimate of drug-likeness (QED) is 0.642. The Hall–Kier alpha value is -2.73. The Morgan fingerprint density at radius 2 is 1.79 bits per heavy atom. The summed E-state index contributed by atoms with van der Waals surface area (Å²) >= 11 is 3.42. The highest BCUT2D eigenvalue weighted by Crippen LogP contribution is 2.29. The van der Waals surface area contributed by atoms with E-state index in [1.54, 1.807) is 12.4 Å². The zero-order valence-corrected chi connectivity index (χ0v) is 17.0. The van der Waals surface area contributed by atoms with E-state index in [4.69, 9.17) is 0 Å². The molecule has 28 heavy (non-hydrogen) atoms. The number of amides is 1. The molecule has 2 heterocycles. The predicted molar refractivity (Wildman–Crippen MR) is 114 cm³/mol. The van der Waals surface area contributed by atoms with Gasteiger partial charge in [0.05, 0.1) is 0 Å². The highest BCUT2D eigenvalue weighted by atomic mass is 79.9. The molecule has 1 aliphatic rings. The molecule has 2 aromatic carbocycles. The lowest BCUT2D eigenvalue weighted by Gasteiger charge is -2.19. The largest absolute Gasteiger partial charge is 0.355 e. The summed E-state index contributed by atoms with van der Waals surface area (Å²) in [5.74, 6) is 0.795. The number of rotatable bonds is 5. The van der Waals surface area contributed by atoms with Crippen LogP contribution in [0, 0.1) is 0 Å². The van der Waals surface area contributed by atoms with E-state index in [-0.39, 0.29) is 5.91 Å². The van der Waals surface area contributed by atoms with Crippen molar-refractivity contribution in [1.29, 1.82) is 0 Å². The molecular weight excluding hydrogens is 416 g/mol. The van der Waals surface area contributed by atoms with Gasteiger partial charge in [0.1, 0.15) is 5.69 Å². The summed E-state index contributed by atoms with van der Waals surface area (Å²) in [6, 6.07) is 15.5. The van der Waals surface area contributed by atoms with Gasteiger partial charge in [0, 0.05) is 47.6 Å². The number of hydrogen-bond donors (Lipinski definition) is 1. The molecule has 0 atom stereocenters. The fraction of sp³-hybridized carbons (Fsp3) is 0.227. The Balaban J connectivity index is 1.53. The molecule has 0 saturated carbocycles. The van der Waals surface area contributed by atoms with Crippen molar-refractivity contribution in [3.05, 3.63) is 76.5 Å². The Morgan fingerprint density at radius 3 is 2.57 bits per heavy atom. The van der Waals surface area contributed by atoms with E-state index in [0.717, 1.165) is 40.2 Å². The second-order valence-electron chi connectivity index (χ2n) is 6.81. The maximum absolute atomic E-state index is 12.6. The summed E-state index contributed by atoms with van der Waals surface area (Å²) in [5.41, 5.74) is 3.41. The minimum Gasteiger partial charge on any atom is -0.355 e. The molecule has 4 rings (SSSR count). The van der Waals surface area contributed by atoms with E-state index >= 15 is 0 Å². The molecule has 1 amide bonds. The van der Waals surface area contributed by atoms with Crippen LogP contribution < -0.4 is 10.2 Å². The van der Waals surface area contributed by atoms with E-state index in [1.165, 1.54) is 12.8 Å². The van der Waals surface area contributed by atoms with Crippen LogP contribution in [-0.2, 0) is 6.54 Å². The topological polar surface area (TPSA) is 58.1 Å². The first kappa shape index (κ1) is 18.6. The second-order valence-corrected chi connectivity index (χ2v) is 7.73. The number of nitrogens with one attached hydrogen (secondary N) is 1. The van der Waals surface area contributed by atoms with Gasteiger partial charge in [-0.05, 0) is 42.7 Å². The van der Waals surface area contributed by atoms with E-state index in [9.17, 15) is 4.79 Å². The van der Waals surface area contributed by atoms with Crippen molar-refractivity contribution in [2.24, 2.45) is 0 Å². The van der Waals surface area contributed by atoms with Crippen molar-refractivity contribution in [1.82, 2.24) is 15.3 Å². The van der Waals surface area contributed by atoms with Gasteiger partial charge in [0.15, 0.2) is 5.82 Å². The van der Waals surface area contributed by atoms with Crippen molar-refractivity contribution in [2.45, 2.75) is 19.4 Å². The summed E-state index contributed by atoms with van der Waals surface area (Å²) in [6.45, 7) is 2.48.